The van der Waals surface area contributed by atoms with Crippen molar-refractivity contribution in [3.63, 3.8) is 0 Å². The number of carbonyl (C=O) groups is 1. The van der Waals surface area contributed by atoms with Crippen LogP contribution in [-0.4, -0.2) is 12.2 Å². The molecule has 0 heterocycles. The van der Waals surface area contributed by atoms with Crippen molar-refractivity contribution in [1.29, 1.82) is 0 Å². The van der Waals surface area contributed by atoms with Crippen molar-refractivity contribution in [2.24, 2.45) is 0 Å². The lowest BCUT2D eigenvalue weighted by Crippen LogP contribution is -1.90. The molecule has 0 aliphatic heterocycles. The van der Waals surface area contributed by atoms with Gasteiger partial charge in [-0.25, -0.2) is 0 Å². The zero-order chi connectivity index (χ0) is 11.1. The molecule has 1 nitrogen and oxygen atoms in total. The van der Waals surface area contributed by atoms with Crippen LogP contribution in [0, 0.1) is 0 Å². The van der Waals surface area contributed by atoms with Crippen LogP contribution in [0.15, 0.2) is 35.9 Å². The van der Waals surface area contributed by atoms with Crippen molar-refractivity contribution < 1.29 is 4.79 Å². The Morgan fingerprint density at radius 2 is 1.93 bits per heavy atom. The summed E-state index contributed by atoms with van der Waals surface area (Å²) >= 11 is 11.7. The predicted octanol–water partition coefficient (Wildman–Crippen LogP) is 3.85. The number of halogens is 2. The van der Waals surface area contributed by atoms with E-state index in [1.54, 1.807) is 0 Å². The second-order valence-electron chi connectivity index (χ2n) is 3.12. The van der Waals surface area contributed by atoms with Gasteiger partial charge in [0.05, 0.1) is 5.03 Å². The van der Waals surface area contributed by atoms with Crippen LogP contribution in [0.2, 0.25) is 0 Å². The van der Waals surface area contributed by atoms with Crippen molar-refractivity contribution in [1.82, 2.24) is 0 Å². The van der Waals surface area contributed by atoms with Crippen LogP contribution in [0.4, 0.5) is 0 Å². The van der Waals surface area contributed by atoms with Crippen LogP contribution >= 0.6 is 23.2 Å². The van der Waals surface area contributed by atoms with E-state index in [1.165, 1.54) is 0 Å². The number of alkyl halides is 1. The molecule has 0 bridgehead atoms. The molecule has 0 saturated heterocycles. The summed E-state index contributed by atoms with van der Waals surface area (Å²) in [7, 11) is 0. The van der Waals surface area contributed by atoms with Gasteiger partial charge in [-0.2, -0.15) is 0 Å². The molecular formula is C12H12Cl2O. The molecule has 0 N–H and O–H groups in total. The zero-order valence-corrected chi connectivity index (χ0v) is 9.76. The van der Waals surface area contributed by atoms with Crippen molar-refractivity contribution in [2.45, 2.75) is 12.8 Å². The minimum Gasteiger partial charge on any atom is -0.298 e. The summed E-state index contributed by atoms with van der Waals surface area (Å²) < 4.78 is 0. The van der Waals surface area contributed by atoms with E-state index in [-0.39, 0.29) is 0 Å². The Labute approximate surface area is 99.7 Å². The standard InChI is InChI=1S/C12H12Cl2O/c13-8-4-7-11(9-15)12(14)10-5-2-1-3-6-10/h1-3,5-6,9H,4,7-8H2/b12-11+. The van der Waals surface area contributed by atoms with Crippen molar-refractivity contribution in [3.8, 4) is 0 Å². The first-order valence-corrected chi connectivity index (χ1v) is 5.66. The first-order chi connectivity index (χ1) is 7.29. The van der Waals surface area contributed by atoms with Gasteiger partial charge in [0.25, 0.3) is 0 Å². The largest absolute Gasteiger partial charge is 0.298 e. The molecule has 1 rings (SSSR count). The average Bonchev–Trinajstić information content (AvgIpc) is 2.31. The zero-order valence-electron chi connectivity index (χ0n) is 8.25. The Hall–Kier alpha value is -0.790. The van der Waals surface area contributed by atoms with Crippen LogP contribution in [0.1, 0.15) is 18.4 Å². The number of hydrogen-bond acceptors (Lipinski definition) is 1. The minimum absolute atomic E-state index is 0.524. The van der Waals surface area contributed by atoms with Crippen molar-refractivity contribution >= 4 is 34.5 Å². The van der Waals surface area contributed by atoms with E-state index in [1.807, 2.05) is 30.3 Å². The normalized spacial score (nSPS) is 12.1. The first kappa shape index (κ1) is 12.3. The van der Waals surface area contributed by atoms with E-state index in [4.69, 9.17) is 23.2 Å². The maximum atomic E-state index is 10.8. The lowest BCUT2D eigenvalue weighted by Gasteiger charge is -2.03. The third-order valence-electron chi connectivity index (χ3n) is 2.03. The lowest BCUT2D eigenvalue weighted by molar-refractivity contribution is -0.105. The maximum Gasteiger partial charge on any atom is 0.147 e. The molecule has 3 heteroatoms. The van der Waals surface area contributed by atoms with Gasteiger partial charge in [-0.15, -0.1) is 11.6 Å². The van der Waals surface area contributed by atoms with Crippen LogP contribution in [0.5, 0.6) is 0 Å². The second-order valence-corrected chi connectivity index (χ2v) is 3.87. The van der Waals surface area contributed by atoms with Gasteiger partial charge >= 0.3 is 0 Å². The van der Waals surface area contributed by atoms with Crippen LogP contribution in [0.25, 0.3) is 5.03 Å². The van der Waals surface area contributed by atoms with E-state index in [2.05, 4.69) is 0 Å². The van der Waals surface area contributed by atoms with Crippen molar-refractivity contribution in [2.75, 3.05) is 5.88 Å². The van der Waals surface area contributed by atoms with Gasteiger partial charge in [-0.3, -0.25) is 4.79 Å². The number of allylic oxidation sites excluding steroid dienone is 1. The number of aldehydes is 1. The Bertz CT molecular complexity index is 344. The summed E-state index contributed by atoms with van der Waals surface area (Å²) in [6, 6.07) is 9.45. The number of rotatable bonds is 5. The Morgan fingerprint density at radius 3 is 2.47 bits per heavy atom. The molecule has 0 amide bonds. The molecule has 1 aromatic carbocycles. The molecule has 1 aromatic rings. The highest BCUT2D eigenvalue weighted by Gasteiger charge is 2.05. The fourth-order valence-electron chi connectivity index (χ4n) is 1.25. The van der Waals surface area contributed by atoms with Crippen LogP contribution < -0.4 is 0 Å². The van der Waals surface area contributed by atoms with Gasteiger partial charge in [0.15, 0.2) is 0 Å². The van der Waals surface area contributed by atoms with Gasteiger partial charge < -0.3 is 0 Å². The van der Waals surface area contributed by atoms with E-state index in [0.29, 0.717) is 22.9 Å². The summed E-state index contributed by atoms with van der Waals surface area (Å²) in [5.74, 6) is 0.538. The van der Waals surface area contributed by atoms with Gasteiger partial charge in [-0.1, -0.05) is 41.9 Å². The molecular weight excluding hydrogens is 231 g/mol. The Morgan fingerprint density at radius 1 is 1.27 bits per heavy atom. The van der Waals surface area contributed by atoms with E-state index in [9.17, 15) is 4.79 Å². The fourth-order valence-corrected chi connectivity index (χ4v) is 1.65. The summed E-state index contributed by atoms with van der Waals surface area (Å²) in [6.07, 6.45) is 2.20. The van der Waals surface area contributed by atoms with E-state index >= 15 is 0 Å². The molecule has 15 heavy (non-hydrogen) atoms. The third kappa shape index (κ3) is 3.69. The highest BCUT2D eigenvalue weighted by Crippen LogP contribution is 2.24. The topological polar surface area (TPSA) is 17.1 Å². The first-order valence-electron chi connectivity index (χ1n) is 4.74. The van der Waals surface area contributed by atoms with E-state index in [0.717, 1.165) is 18.3 Å². The summed E-state index contributed by atoms with van der Waals surface area (Å²) in [6.45, 7) is 0. The third-order valence-corrected chi connectivity index (χ3v) is 2.76. The monoisotopic (exact) mass is 242 g/mol. The highest BCUT2D eigenvalue weighted by molar-refractivity contribution is 6.50. The van der Waals surface area contributed by atoms with Crippen LogP contribution in [0.3, 0.4) is 0 Å². The number of carbonyl (C=O) groups excluding carboxylic acids is 1. The van der Waals surface area contributed by atoms with Gasteiger partial charge in [0.1, 0.15) is 6.29 Å². The Kier molecular flexibility index (Phi) is 5.44. The molecule has 0 radical (unpaired) electrons. The smallest absolute Gasteiger partial charge is 0.147 e. The summed E-state index contributed by atoms with van der Waals surface area (Å²) in [5, 5.41) is 0.524. The van der Waals surface area contributed by atoms with Gasteiger partial charge in [-0.05, 0) is 18.4 Å². The average molecular weight is 243 g/mol. The Balaban J connectivity index is 2.90. The molecule has 0 saturated carbocycles. The number of benzene rings is 1. The fraction of sp³-hybridized carbons (Fsp3) is 0.250. The molecule has 0 unspecified atom stereocenters. The molecule has 80 valence electrons. The minimum atomic E-state index is 0.524. The predicted molar refractivity (Wildman–Crippen MR) is 65.2 cm³/mol. The maximum absolute atomic E-state index is 10.8. The highest BCUT2D eigenvalue weighted by atomic mass is 35.5. The van der Waals surface area contributed by atoms with Crippen molar-refractivity contribution in [3.05, 3.63) is 41.5 Å². The van der Waals surface area contributed by atoms with Gasteiger partial charge in [0, 0.05) is 11.5 Å². The van der Waals surface area contributed by atoms with E-state index < -0.39 is 0 Å². The second kappa shape index (κ2) is 6.65. The molecule has 0 spiro atoms. The van der Waals surface area contributed by atoms with Gasteiger partial charge in [0.2, 0.25) is 0 Å². The molecule has 0 atom stereocenters. The lowest BCUT2D eigenvalue weighted by atomic mass is 10.1. The van der Waals surface area contributed by atoms with Crippen LogP contribution in [-0.2, 0) is 4.79 Å². The SMILES string of the molecule is O=C/C(CCCCl)=C(/Cl)c1ccccc1. The molecule has 0 aliphatic carbocycles. The summed E-state index contributed by atoms with van der Waals surface area (Å²) in [4.78, 5) is 10.8. The molecule has 0 fully saturated rings. The quantitative estimate of drug-likeness (QED) is 0.436. The summed E-state index contributed by atoms with van der Waals surface area (Å²) in [5.41, 5.74) is 1.49. The molecule has 0 aromatic heterocycles. The number of hydrogen-bond donors (Lipinski definition) is 0. The molecule has 0 aliphatic rings.